The summed E-state index contributed by atoms with van der Waals surface area (Å²) < 4.78 is 0. The molecule has 0 radical (unpaired) electrons. The third-order valence-corrected chi connectivity index (χ3v) is 4.07. The summed E-state index contributed by atoms with van der Waals surface area (Å²) in [6, 6.07) is 7.05. The van der Waals surface area contributed by atoms with Gasteiger partial charge < -0.3 is 10.4 Å². The molecule has 2 N–H and O–H groups in total. The Morgan fingerprint density at radius 2 is 1.76 bits per heavy atom. The fourth-order valence-corrected chi connectivity index (χ4v) is 2.66. The molecule has 0 aromatic heterocycles. The Balaban J connectivity index is 2.04. The molecule has 0 aliphatic heterocycles. The van der Waals surface area contributed by atoms with E-state index in [1.54, 1.807) is 12.1 Å². The van der Waals surface area contributed by atoms with E-state index >= 15 is 0 Å². The van der Waals surface area contributed by atoms with E-state index < -0.39 is 17.8 Å². The number of hydrogen-bond donors (Lipinski definition) is 2. The summed E-state index contributed by atoms with van der Waals surface area (Å²) in [5.41, 5.74) is 0.936. The van der Waals surface area contributed by atoms with Crippen LogP contribution in [-0.2, 0) is 9.59 Å². The van der Waals surface area contributed by atoms with Crippen LogP contribution in [0.15, 0.2) is 36.4 Å². The molecule has 0 bridgehead atoms. The largest absolute Gasteiger partial charge is 0.481 e. The van der Waals surface area contributed by atoms with Gasteiger partial charge in [-0.15, -0.1) is 0 Å². The van der Waals surface area contributed by atoms with Crippen molar-refractivity contribution in [3.8, 4) is 0 Å². The normalized spacial score (nSPS) is 22.6. The predicted octanol–water partition coefficient (Wildman–Crippen LogP) is 3.18. The van der Waals surface area contributed by atoms with E-state index in [9.17, 15) is 14.7 Å². The van der Waals surface area contributed by atoms with E-state index in [4.69, 9.17) is 11.6 Å². The summed E-state index contributed by atoms with van der Waals surface area (Å²) in [5.74, 6) is -2.29. The molecule has 2 unspecified atom stereocenters. The highest BCUT2D eigenvalue weighted by Crippen LogP contribution is 2.27. The van der Waals surface area contributed by atoms with Gasteiger partial charge in [-0.25, -0.2) is 0 Å². The number of rotatable bonds is 4. The first kappa shape index (κ1) is 15.6. The summed E-state index contributed by atoms with van der Waals surface area (Å²) in [4.78, 5) is 23.6. The second-order valence-electron chi connectivity index (χ2n) is 5.28. The van der Waals surface area contributed by atoms with Crippen LogP contribution in [0.5, 0.6) is 0 Å². The van der Waals surface area contributed by atoms with E-state index in [2.05, 4.69) is 5.32 Å². The zero-order valence-corrected chi connectivity index (χ0v) is 12.5. The average Bonchev–Trinajstić information content (AvgIpc) is 2.47. The third kappa shape index (κ3) is 3.85. The molecule has 1 aromatic carbocycles. The lowest BCUT2D eigenvalue weighted by molar-refractivity contribution is -0.147. The monoisotopic (exact) mass is 307 g/mol. The Hall–Kier alpha value is -1.81. The van der Waals surface area contributed by atoms with Crippen LogP contribution in [0, 0.1) is 11.8 Å². The van der Waals surface area contributed by atoms with Crippen LogP contribution in [0.1, 0.15) is 31.4 Å². The first-order chi connectivity index (χ1) is 9.99. The van der Waals surface area contributed by atoms with Gasteiger partial charge in [-0.2, -0.15) is 0 Å². The van der Waals surface area contributed by atoms with Crippen LogP contribution >= 0.6 is 11.6 Å². The van der Waals surface area contributed by atoms with Crippen LogP contribution in [0.4, 0.5) is 0 Å². The number of hydrogen-bond acceptors (Lipinski definition) is 2. The SMILES string of the molecule is C[C@@H](NC(=O)C1CC=CCC1C(=O)O)c1ccc(Cl)cc1. The molecule has 21 heavy (non-hydrogen) atoms. The minimum absolute atomic E-state index is 0.185. The molecular weight excluding hydrogens is 290 g/mol. The summed E-state index contributed by atoms with van der Waals surface area (Å²) in [5, 5.41) is 12.7. The Kier molecular flexibility index (Phi) is 5.02. The highest BCUT2D eigenvalue weighted by atomic mass is 35.5. The Morgan fingerprint density at radius 1 is 1.19 bits per heavy atom. The maximum atomic E-state index is 12.3. The lowest BCUT2D eigenvalue weighted by Crippen LogP contribution is -2.39. The lowest BCUT2D eigenvalue weighted by Gasteiger charge is -2.26. The smallest absolute Gasteiger partial charge is 0.307 e. The third-order valence-electron chi connectivity index (χ3n) is 3.82. The Labute approximate surface area is 128 Å². The van der Waals surface area contributed by atoms with Gasteiger partial charge in [-0.05, 0) is 37.5 Å². The molecule has 4 nitrogen and oxygen atoms in total. The molecular formula is C16H18ClNO3. The van der Waals surface area contributed by atoms with Crippen molar-refractivity contribution in [1.82, 2.24) is 5.32 Å². The molecule has 1 aliphatic rings. The maximum absolute atomic E-state index is 12.3. The van der Waals surface area contributed by atoms with Crippen LogP contribution in [0.2, 0.25) is 5.02 Å². The second kappa shape index (κ2) is 6.76. The fourth-order valence-electron chi connectivity index (χ4n) is 2.53. The highest BCUT2D eigenvalue weighted by Gasteiger charge is 2.34. The van der Waals surface area contributed by atoms with Crippen LogP contribution in [0.25, 0.3) is 0 Å². The van der Waals surface area contributed by atoms with E-state index in [0.717, 1.165) is 5.56 Å². The minimum atomic E-state index is -0.918. The van der Waals surface area contributed by atoms with Gasteiger partial charge in [0.05, 0.1) is 17.9 Å². The average molecular weight is 308 g/mol. The lowest BCUT2D eigenvalue weighted by atomic mass is 9.82. The predicted molar refractivity (Wildman–Crippen MR) is 81.0 cm³/mol. The van der Waals surface area contributed by atoms with Gasteiger partial charge >= 0.3 is 5.97 Å². The zero-order valence-electron chi connectivity index (χ0n) is 11.8. The molecule has 0 fully saturated rings. The van der Waals surface area contributed by atoms with Crippen molar-refractivity contribution in [1.29, 1.82) is 0 Å². The van der Waals surface area contributed by atoms with Gasteiger partial charge in [0.15, 0.2) is 0 Å². The van der Waals surface area contributed by atoms with Gasteiger partial charge in [0.25, 0.3) is 0 Å². The summed E-state index contributed by atoms with van der Waals surface area (Å²) in [6.45, 7) is 1.87. The zero-order chi connectivity index (χ0) is 15.4. The van der Waals surface area contributed by atoms with Crippen molar-refractivity contribution in [2.75, 3.05) is 0 Å². The molecule has 0 saturated heterocycles. The number of allylic oxidation sites excluding steroid dienone is 2. The molecule has 5 heteroatoms. The van der Waals surface area contributed by atoms with Crippen molar-refractivity contribution in [2.24, 2.45) is 11.8 Å². The molecule has 0 spiro atoms. The number of halogens is 1. The van der Waals surface area contributed by atoms with E-state index in [1.165, 1.54) is 0 Å². The van der Waals surface area contributed by atoms with Gasteiger partial charge in [0, 0.05) is 5.02 Å². The first-order valence-electron chi connectivity index (χ1n) is 6.92. The molecule has 0 heterocycles. The standard InChI is InChI=1S/C16H18ClNO3/c1-10(11-6-8-12(17)9-7-11)18-15(19)13-4-2-3-5-14(13)16(20)21/h2-3,6-10,13-14H,4-5H2,1H3,(H,18,19)(H,20,21)/t10-,13?,14?/m1/s1. The molecule has 0 saturated carbocycles. The van der Waals surface area contributed by atoms with E-state index in [0.29, 0.717) is 17.9 Å². The Morgan fingerprint density at radius 3 is 2.33 bits per heavy atom. The highest BCUT2D eigenvalue weighted by molar-refractivity contribution is 6.30. The first-order valence-corrected chi connectivity index (χ1v) is 7.30. The van der Waals surface area contributed by atoms with Crippen molar-refractivity contribution in [3.05, 3.63) is 47.0 Å². The van der Waals surface area contributed by atoms with Gasteiger partial charge in [0.2, 0.25) is 5.91 Å². The number of benzene rings is 1. The van der Waals surface area contributed by atoms with Crippen molar-refractivity contribution < 1.29 is 14.7 Å². The molecule has 2 rings (SSSR count). The quantitative estimate of drug-likeness (QED) is 0.840. The van der Waals surface area contributed by atoms with Gasteiger partial charge in [-0.1, -0.05) is 35.9 Å². The summed E-state index contributed by atoms with van der Waals surface area (Å²) in [6.07, 6.45) is 4.57. The van der Waals surface area contributed by atoms with E-state index in [1.807, 2.05) is 31.2 Å². The molecule has 3 atom stereocenters. The molecule has 1 amide bonds. The van der Waals surface area contributed by atoms with Gasteiger partial charge in [0.1, 0.15) is 0 Å². The number of carbonyl (C=O) groups is 2. The fraction of sp³-hybridized carbons (Fsp3) is 0.375. The van der Waals surface area contributed by atoms with Gasteiger partial charge in [-0.3, -0.25) is 9.59 Å². The van der Waals surface area contributed by atoms with Crippen LogP contribution in [0.3, 0.4) is 0 Å². The molecule has 1 aliphatic carbocycles. The topological polar surface area (TPSA) is 66.4 Å². The number of aliphatic carboxylic acids is 1. The maximum Gasteiger partial charge on any atom is 0.307 e. The number of carboxylic acid groups (broad SMARTS) is 1. The Bertz CT molecular complexity index is 553. The van der Waals surface area contributed by atoms with Crippen LogP contribution < -0.4 is 5.32 Å². The summed E-state index contributed by atoms with van der Waals surface area (Å²) >= 11 is 5.84. The number of carboxylic acids is 1. The molecule has 1 aromatic rings. The second-order valence-corrected chi connectivity index (χ2v) is 5.71. The number of nitrogens with one attached hydrogen (secondary N) is 1. The van der Waals surface area contributed by atoms with E-state index in [-0.39, 0.29) is 11.9 Å². The molecule has 112 valence electrons. The number of carbonyl (C=O) groups excluding carboxylic acids is 1. The van der Waals surface area contributed by atoms with Crippen molar-refractivity contribution >= 4 is 23.5 Å². The summed E-state index contributed by atoms with van der Waals surface area (Å²) in [7, 11) is 0. The number of amides is 1. The van der Waals surface area contributed by atoms with Crippen LogP contribution in [-0.4, -0.2) is 17.0 Å². The van der Waals surface area contributed by atoms with Crippen molar-refractivity contribution in [3.63, 3.8) is 0 Å². The van der Waals surface area contributed by atoms with Crippen molar-refractivity contribution in [2.45, 2.75) is 25.8 Å². The minimum Gasteiger partial charge on any atom is -0.481 e.